The molecule has 1 aromatic rings. The second kappa shape index (κ2) is 7.59. The number of hydrogen-bond acceptors (Lipinski definition) is 4. The van der Waals surface area contributed by atoms with Crippen LogP contribution in [0.1, 0.15) is 6.42 Å². The van der Waals surface area contributed by atoms with Gasteiger partial charge in [-0.2, -0.15) is 5.26 Å². The van der Waals surface area contributed by atoms with Crippen LogP contribution in [0.5, 0.6) is 0 Å². The van der Waals surface area contributed by atoms with Crippen molar-refractivity contribution in [3.8, 4) is 6.19 Å². The Balaban J connectivity index is 2.06. The molecule has 1 aromatic heterocycles. The second-order valence-corrected chi connectivity index (χ2v) is 3.92. The molecule has 6 nitrogen and oxygen atoms in total. The second-order valence-electron chi connectivity index (χ2n) is 2.83. The van der Waals surface area contributed by atoms with Crippen molar-refractivity contribution in [2.24, 2.45) is 4.99 Å². The van der Waals surface area contributed by atoms with E-state index in [1.807, 2.05) is 6.19 Å². The highest BCUT2D eigenvalue weighted by atomic mass is 32.2. The summed E-state index contributed by atoms with van der Waals surface area (Å²) in [6.45, 7) is 0.773. The van der Waals surface area contributed by atoms with Gasteiger partial charge in [0, 0.05) is 31.7 Å². The van der Waals surface area contributed by atoms with Crippen LogP contribution in [0.3, 0.4) is 0 Å². The van der Waals surface area contributed by atoms with Crippen LogP contribution in [0, 0.1) is 11.5 Å². The molecule has 7 heteroatoms. The van der Waals surface area contributed by atoms with Gasteiger partial charge in [-0.05, 0) is 6.42 Å². The molecule has 0 aliphatic carbocycles. The average Bonchev–Trinajstić information content (AvgIpc) is 2.80. The van der Waals surface area contributed by atoms with E-state index in [1.54, 1.807) is 31.2 Å². The highest BCUT2D eigenvalue weighted by Crippen LogP contribution is 2.11. The Bertz CT molecular complexity index is 353. The molecule has 0 spiro atoms. The van der Waals surface area contributed by atoms with Gasteiger partial charge >= 0.3 is 0 Å². The van der Waals surface area contributed by atoms with Gasteiger partial charge in [-0.15, -0.1) is 0 Å². The van der Waals surface area contributed by atoms with E-state index in [2.05, 4.69) is 25.6 Å². The molecule has 0 saturated heterocycles. The summed E-state index contributed by atoms with van der Waals surface area (Å²) < 4.78 is 0. The number of imidazole rings is 1. The van der Waals surface area contributed by atoms with Crippen molar-refractivity contribution in [2.75, 3.05) is 19.3 Å². The maximum atomic E-state index is 8.40. The van der Waals surface area contributed by atoms with Gasteiger partial charge in [-0.3, -0.25) is 10.3 Å². The quantitative estimate of drug-likeness (QED) is 0.174. The highest BCUT2D eigenvalue weighted by Gasteiger charge is 1.97. The number of aromatic nitrogens is 2. The number of nitrogens with one attached hydrogen (secondary N) is 3. The van der Waals surface area contributed by atoms with E-state index in [9.17, 15) is 0 Å². The van der Waals surface area contributed by atoms with Crippen molar-refractivity contribution < 1.29 is 0 Å². The van der Waals surface area contributed by atoms with Crippen molar-refractivity contribution in [3.05, 3.63) is 12.4 Å². The number of H-pyrrole nitrogens is 1. The van der Waals surface area contributed by atoms with E-state index >= 15 is 0 Å². The number of aromatic amines is 1. The molecule has 1 heterocycles. The van der Waals surface area contributed by atoms with Crippen LogP contribution in [-0.4, -0.2) is 35.3 Å². The van der Waals surface area contributed by atoms with Crippen molar-refractivity contribution in [1.82, 2.24) is 20.6 Å². The maximum absolute atomic E-state index is 8.40. The fourth-order valence-corrected chi connectivity index (χ4v) is 1.78. The lowest BCUT2D eigenvalue weighted by Crippen LogP contribution is -2.35. The minimum Gasteiger partial charge on any atom is -0.356 e. The zero-order valence-electron chi connectivity index (χ0n) is 9.03. The smallest absolute Gasteiger partial charge is 0.204 e. The third-order valence-electron chi connectivity index (χ3n) is 1.72. The Morgan fingerprint density at radius 2 is 2.62 bits per heavy atom. The lowest BCUT2D eigenvalue weighted by atomic mass is 10.5. The lowest BCUT2D eigenvalue weighted by molar-refractivity contribution is 0.826. The molecular weight excluding hydrogens is 224 g/mol. The zero-order valence-corrected chi connectivity index (χ0v) is 9.84. The Hall–Kier alpha value is -1.68. The first-order valence-electron chi connectivity index (χ1n) is 4.84. The third-order valence-corrected chi connectivity index (χ3v) is 2.71. The number of hydrogen-bond donors (Lipinski definition) is 3. The van der Waals surface area contributed by atoms with Crippen molar-refractivity contribution >= 4 is 17.7 Å². The number of aliphatic imine (C=N–C) groups is 1. The predicted molar refractivity (Wildman–Crippen MR) is 64.0 cm³/mol. The minimum absolute atomic E-state index is 0.505. The lowest BCUT2D eigenvalue weighted by Gasteiger charge is -2.05. The van der Waals surface area contributed by atoms with E-state index in [0.29, 0.717) is 5.96 Å². The molecule has 3 N–H and O–H groups in total. The van der Waals surface area contributed by atoms with Crippen LogP contribution in [0.2, 0.25) is 0 Å². The van der Waals surface area contributed by atoms with Gasteiger partial charge in [0.2, 0.25) is 5.96 Å². The van der Waals surface area contributed by atoms with Gasteiger partial charge in [0.1, 0.15) is 0 Å². The minimum atomic E-state index is 0.505. The Kier molecular flexibility index (Phi) is 5.88. The number of nitriles is 1. The van der Waals surface area contributed by atoms with E-state index in [4.69, 9.17) is 5.26 Å². The van der Waals surface area contributed by atoms with Crippen LogP contribution in [0.15, 0.2) is 22.5 Å². The molecule has 0 atom stereocenters. The fourth-order valence-electron chi connectivity index (χ4n) is 1.01. The van der Waals surface area contributed by atoms with Gasteiger partial charge in [-0.25, -0.2) is 4.98 Å². The maximum Gasteiger partial charge on any atom is 0.204 e. The Morgan fingerprint density at radius 1 is 1.75 bits per heavy atom. The number of thioether (sulfide) groups is 1. The van der Waals surface area contributed by atoms with Gasteiger partial charge in [0.15, 0.2) is 11.3 Å². The highest BCUT2D eigenvalue weighted by molar-refractivity contribution is 7.99. The van der Waals surface area contributed by atoms with Crippen LogP contribution in [-0.2, 0) is 0 Å². The molecule has 16 heavy (non-hydrogen) atoms. The average molecular weight is 238 g/mol. The van der Waals surface area contributed by atoms with Gasteiger partial charge in [-0.1, -0.05) is 11.8 Å². The molecular formula is C9H14N6S. The number of guanidine groups is 1. The molecule has 1 rings (SSSR count). The summed E-state index contributed by atoms with van der Waals surface area (Å²) in [5.41, 5.74) is 0. The van der Waals surface area contributed by atoms with Crippen molar-refractivity contribution in [3.63, 3.8) is 0 Å². The van der Waals surface area contributed by atoms with Crippen LogP contribution < -0.4 is 10.6 Å². The first-order valence-corrected chi connectivity index (χ1v) is 5.83. The number of nitrogens with zero attached hydrogens (tertiary/aromatic N) is 3. The molecule has 0 amide bonds. The van der Waals surface area contributed by atoms with Crippen molar-refractivity contribution in [2.45, 2.75) is 11.6 Å². The Labute approximate surface area is 98.6 Å². The molecule has 0 aliphatic rings. The normalized spacial score (nSPS) is 10.9. The molecule has 86 valence electrons. The first-order chi connectivity index (χ1) is 7.86. The largest absolute Gasteiger partial charge is 0.356 e. The first kappa shape index (κ1) is 12.4. The van der Waals surface area contributed by atoms with Gasteiger partial charge < -0.3 is 10.3 Å². The summed E-state index contributed by atoms with van der Waals surface area (Å²) in [5.74, 6) is 1.47. The summed E-state index contributed by atoms with van der Waals surface area (Å²) in [7, 11) is 1.63. The molecule has 0 saturated carbocycles. The molecule has 0 radical (unpaired) electrons. The Morgan fingerprint density at radius 3 is 3.25 bits per heavy atom. The molecule has 0 fully saturated rings. The van der Waals surface area contributed by atoms with Gasteiger partial charge in [0.05, 0.1) is 0 Å². The van der Waals surface area contributed by atoms with E-state index in [1.165, 1.54) is 0 Å². The van der Waals surface area contributed by atoms with E-state index in [-0.39, 0.29) is 0 Å². The topological polar surface area (TPSA) is 88.9 Å². The number of rotatable bonds is 5. The predicted octanol–water partition coefficient (Wildman–Crippen LogP) is 0.538. The molecule has 0 aliphatic heterocycles. The third kappa shape index (κ3) is 4.70. The monoisotopic (exact) mass is 238 g/mol. The standard InChI is InChI=1S/C9H14N6S/c1-11-8(15-7-10)12-3-2-6-16-9-13-4-5-14-9/h4-5H,2-3,6H2,1H3,(H,13,14)(H2,11,12,15). The van der Waals surface area contributed by atoms with E-state index < -0.39 is 0 Å². The van der Waals surface area contributed by atoms with Crippen LogP contribution in [0.4, 0.5) is 0 Å². The fraction of sp³-hybridized carbons (Fsp3) is 0.444. The molecule has 0 bridgehead atoms. The molecule has 0 aromatic carbocycles. The SMILES string of the molecule is C/N=C(\NC#N)NCCCSc1ncc[nH]1. The zero-order chi connectivity index (χ0) is 11.6. The van der Waals surface area contributed by atoms with Gasteiger partial charge in [0.25, 0.3) is 0 Å². The van der Waals surface area contributed by atoms with Crippen LogP contribution >= 0.6 is 11.8 Å². The summed E-state index contributed by atoms with van der Waals surface area (Å²) >= 11 is 1.67. The van der Waals surface area contributed by atoms with Crippen molar-refractivity contribution in [1.29, 1.82) is 5.26 Å². The summed E-state index contributed by atoms with van der Waals surface area (Å²) in [6.07, 6.45) is 6.33. The summed E-state index contributed by atoms with van der Waals surface area (Å²) in [6, 6.07) is 0. The van der Waals surface area contributed by atoms with E-state index in [0.717, 1.165) is 23.9 Å². The van der Waals surface area contributed by atoms with Crippen LogP contribution in [0.25, 0.3) is 0 Å². The summed E-state index contributed by atoms with van der Waals surface area (Å²) in [4.78, 5) is 11.0. The summed E-state index contributed by atoms with van der Waals surface area (Å²) in [5, 5.41) is 14.8. The molecule has 0 unspecified atom stereocenters.